The molecule has 4 aromatic heterocycles. The second kappa shape index (κ2) is 25.3. The van der Waals surface area contributed by atoms with Gasteiger partial charge >= 0.3 is 0 Å². The van der Waals surface area contributed by atoms with Crippen molar-refractivity contribution in [3.05, 3.63) is 168 Å². The van der Waals surface area contributed by atoms with Gasteiger partial charge in [0, 0.05) is 125 Å². The molecule has 0 fully saturated rings. The molecule has 4 unspecified atom stereocenters. The SMILES string of the molecule is CC1=NC2(CCc3c(-c4cncnc4)ccc(O)c3C2)CO1.CNc1ncncc1-c1ccc2c(c1)CC1(CC2)COC(C)=N1.COc1ccc(-c2cncnc2)c2c1CC1(CC2)COC(C)=N1.COc1cncc(-c2cccc3c2CC2(CC3)COC(C)=N2)n1. The van der Waals surface area contributed by atoms with Crippen molar-refractivity contribution < 1.29 is 33.5 Å². The zero-order valence-electron chi connectivity index (χ0n) is 52.6. The Labute approximate surface area is 529 Å². The fourth-order valence-corrected chi connectivity index (χ4v) is 14.3. The van der Waals surface area contributed by atoms with E-state index in [-0.39, 0.29) is 22.2 Å². The molecule has 8 aliphatic rings. The number of methoxy groups -OCH3 is 2. The van der Waals surface area contributed by atoms with Crippen LogP contribution in [0.4, 0.5) is 5.82 Å². The smallest absolute Gasteiger partial charge is 0.232 e. The van der Waals surface area contributed by atoms with Crippen molar-refractivity contribution in [1.29, 1.82) is 0 Å². The third kappa shape index (κ3) is 12.5. The molecule has 20 nitrogen and oxygen atoms in total. The van der Waals surface area contributed by atoms with Gasteiger partial charge in [-0.25, -0.2) is 54.9 Å². The molecule has 4 aliphatic carbocycles. The topological polar surface area (TPSA) is 240 Å². The summed E-state index contributed by atoms with van der Waals surface area (Å²) >= 11 is 0. The van der Waals surface area contributed by atoms with Crippen LogP contribution in [-0.4, -0.2) is 138 Å². The lowest BCUT2D eigenvalue weighted by molar-refractivity contribution is 0.234. The molecule has 4 aliphatic heterocycles. The summed E-state index contributed by atoms with van der Waals surface area (Å²) in [4.78, 5) is 52.8. The fraction of sp³-hybridized carbons (Fsp3) is 0.380. The van der Waals surface area contributed by atoms with Gasteiger partial charge in [0.05, 0.1) is 32.3 Å². The van der Waals surface area contributed by atoms with E-state index in [9.17, 15) is 5.11 Å². The number of hydrogen-bond donors (Lipinski definition) is 2. The highest BCUT2D eigenvalue weighted by Gasteiger charge is 2.44. The second-order valence-electron chi connectivity index (χ2n) is 24.8. The number of ether oxygens (including phenoxy) is 6. The minimum Gasteiger partial charge on any atom is -0.508 e. The molecule has 20 heteroatoms. The normalized spacial score (nSPS) is 22.6. The van der Waals surface area contributed by atoms with E-state index in [0.717, 1.165) is 150 Å². The van der Waals surface area contributed by atoms with Crippen molar-refractivity contribution in [2.75, 3.05) is 53.0 Å². The monoisotopic (exact) mass is 1220 g/mol. The minimum absolute atomic E-state index is 0.0608. The number of rotatable bonds is 7. The van der Waals surface area contributed by atoms with E-state index in [2.05, 4.69) is 92.6 Å². The number of phenols is 1. The molecule has 91 heavy (non-hydrogen) atoms. The maximum absolute atomic E-state index is 10.3. The Balaban J connectivity index is 0.000000111. The lowest BCUT2D eigenvalue weighted by Gasteiger charge is -2.32. The van der Waals surface area contributed by atoms with E-state index < -0.39 is 0 Å². The quantitative estimate of drug-likeness (QED) is 0.151. The number of aromatic hydroxyl groups is 1. The Morgan fingerprint density at radius 2 is 0.989 bits per heavy atom. The minimum atomic E-state index is -0.208. The maximum atomic E-state index is 10.3. The first-order valence-electron chi connectivity index (χ1n) is 31.1. The van der Waals surface area contributed by atoms with Crippen LogP contribution in [-0.2, 0) is 70.3 Å². The first-order valence-corrected chi connectivity index (χ1v) is 31.1. The van der Waals surface area contributed by atoms with E-state index in [0.29, 0.717) is 44.5 Å². The average molecular weight is 1220 g/mol. The lowest BCUT2D eigenvalue weighted by Crippen LogP contribution is -2.36. The van der Waals surface area contributed by atoms with Crippen molar-refractivity contribution in [3.63, 3.8) is 0 Å². The number of hydrogen-bond acceptors (Lipinski definition) is 20. The number of phenolic OH excluding ortho intramolecular Hbond substituents is 1. The molecule has 0 bridgehead atoms. The highest BCUT2D eigenvalue weighted by Crippen LogP contribution is 2.46. The highest BCUT2D eigenvalue weighted by molar-refractivity contribution is 5.79. The van der Waals surface area contributed by atoms with Gasteiger partial charge in [0.1, 0.15) is 84.9 Å². The van der Waals surface area contributed by atoms with Gasteiger partial charge in [-0.05, 0) is 114 Å². The third-order valence-corrected chi connectivity index (χ3v) is 18.8. The number of nitrogens with zero attached hydrogens (tertiary/aromatic N) is 12. The number of benzene rings is 4. The van der Waals surface area contributed by atoms with Gasteiger partial charge in [-0.15, -0.1) is 0 Å². The third-order valence-electron chi connectivity index (χ3n) is 18.8. The summed E-state index contributed by atoms with van der Waals surface area (Å²) in [6.07, 6.45) is 28.6. The van der Waals surface area contributed by atoms with Gasteiger partial charge in [-0.2, -0.15) is 0 Å². The van der Waals surface area contributed by atoms with Gasteiger partial charge in [0.25, 0.3) is 0 Å². The van der Waals surface area contributed by atoms with Gasteiger partial charge < -0.3 is 38.8 Å². The number of nitrogens with one attached hydrogen (secondary N) is 1. The molecular weight excluding hydrogens is 1150 g/mol. The Bertz CT molecular complexity index is 4170. The van der Waals surface area contributed by atoms with E-state index in [4.69, 9.17) is 43.4 Å². The van der Waals surface area contributed by atoms with Crippen molar-refractivity contribution in [2.45, 2.75) is 127 Å². The molecular formula is C71H75N13O7. The summed E-state index contributed by atoms with van der Waals surface area (Å²) in [7, 11) is 5.21. The van der Waals surface area contributed by atoms with Gasteiger partial charge in [-0.1, -0.05) is 48.5 Å². The lowest BCUT2D eigenvalue weighted by atomic mass is 9.76. The molecule has 0 radical (unpaired) electrons. The molecule has 2 N–H and O–H groups in total. The van der Waals surface area contributed by atoms with Crippen molar-refractivity contribution in [2.24, 2.45) is 20.0 Å². The van der Waals surface area contributed by atoms with Crippen LogP contribution < -0.4 is 14.8 Å². The molecule has 4 atom stereocenters. The van der Waals surface area contributed by atoms with Crippen molar-refractivity contribution in [1.82, 2.24) is 39.9 Å². The number of aromatic nitrogens is 8. The molecule has 466 valence electrons. The summed E-state index contributed by atoms with van der Waals surface area (Å²) < 4.78 is 33.3. The Morgan fingerprint density at radius 3 is 1.56 bits per heavy atom. The largest absolute Gasteiger partial charge is 0.508 e. The second-order valence-corrected chi connectivity index (χ2v) is 24.8. The predicted molar refractivity (Wildman–Crippen MR) is 349 cm³/mol. The summed E-state index contributed by atoms with van der Waals surface area (Å²) in [6, 6.07) is 20.9. The Kier molecular flexibility index (Phi) is 16.7. The van der Waals surface area contributed by atoms with Gasteiger partial charge in [0.15, 0.2) is 23.6 Å². The molecule has 16 rings (SSSR count). The van der Waals surface area contributed by atoms with Crippen LogP contribution in [0.1, 0.15) is 97.9 Å². The van der Waals surface area contributed by atoms with Crippen LogP contribution in [0, 0.1) is 0 Å². The standard InChI is InChI=1S/C18H20N4O.2C18H19N3O2.C17H17N3O2/c1-12-22-18(10-23-12)6-5-13-3-4-14(7-15(13)8-18)16-9-20-11-21-17(16)19-2;1-12-21-18(10-23-12)6-5-15-14(13-8-19-11-20-9-13)3-4-17(22-2)16(15)7-18;1-12-21-18(11-23-12)7-6-13-4-3-5-14(15(13)8-18)16-9-19-10-17(20-16)22-2;1-11-20-17(9-22-11)5-4-14-13(12-7-18-10-19-8-12)2-3-16(21)15(14)6-17/h3-4,7,9,11H,5-6,8,10H2,1-2H3,(H,19,20,21);3-4,8-9,11H,5-7,10H2,1-2H3;3-5,9-10H,6-8,11H2,1-2H3;2-3,7-8,10,21H,4-6,9H2,1H3. The van der Waals surface area contributed by atoms with Gasteiger partial charge in [-0.3, -0.25) is 4.98 Å². The first kappa shape index (κ1) is 60.2. The Morgan fingerprint density at radius 1 is 0.451 bits per heavy atom. The summed E-state index contributed by atoms with van der Waals surface area (Å²) in [5.41, 5.74) is 18.1. The molecule has 4 spiro atoms. The van der Waals surface area contributed by atoms with Crippen LogP contribution in [0.2, 0.25) is 0 Å². The van der Waals surface area contributed by atoms with Gasteiger partial charge in [0.2, 0.25) is 5.88 Å². The number of fused-ring (bicyclic) bond motifs is 4. The molecule has 0 saturated carbocycles. The van der Waals surface area contributed by atoms with E-state index in [1.54, 1.807) is 45.3 Å². The molecule has 0 saturated heterocycles. The van der Waals surface area contributed by atoms with Crippen molar-refractivity contribution >= 4 is 29.4 Å². The summed E-state index contributed by atoms with van der Waals surface area (Å²) in [5.74, 6) is 5.81. The van der Waals surface area contributed by atoms with E-state index in [1.807, 2.05) is 77.9 Å². The molecule has 4 aromatic carbocycles. The zero-order valence-corrected chi connectivity index (χ0v) is 52.6. The van der Waals surface area contributed by atoms with Crippen LogP contribution in [0.3, 0.4) is 0 Å². The first-order chi connectivity index (χ1) is 44.3. The maximum Gasteiger partial charge on any atom is 0.232 e. The summed E-state index contributed by atoms with van der Waals surface area (Å²) in [6.45, 7) is 10.4. The highest BCUT2D eigenvalue weighted by atomic mass is 16.5. The Hall–Kier alpha value is -9.72. The summed E-state index contributed by atoms with van der Waals surface area (Å²) in [5, 5.41) is 13.5. The van der Waals surface area contributed by atoms with Crippen LogP contribution >= 0.6 is 0 Å². The van der Waals surface area contributed by atoms with Crippen LogP contribution in [0.5, 0.6) is 17.4 Å². The molecule has 8 aromatic rings. The number of aliphatic imine (C=N–C) groups is 4. The van der Waals surface area contributed by atoms with E-state index >= 15 is 0 Å². The van der Waals surface area contributed by atoms with Crippen LogP contribution in [0.15, 0.2) is 143 Å². The van der Waals surface area contributed by atoms with E-state index in [1.165, 1.54) is 50.8 Å². The molecule has 8 heterocycles. The number of aryl methyl sites for hydroxylation is 2. The average Bonchev–Trinajstić information content (AvgIpc) is 2.03. The predicted octanol–water partition coefficient (Wildman–Crippen LogP) is 11.0. The zero-order chi connectivity index (χ0) is 62.7. The van der Waals surface area contributed by atoms with Crippen LogP contribution in [0.25, 0.3) is 44.6 Å². The number of anilines is 1. The fourth-order valence-electron chi connectivity index (χ4n) is 14.3. The molecule has 0 amide bonds. The van der Waals surface area contributed by atoms with Crippen molar-refractivity contribution in [3.8, 4) is 62.0 Å².